The van der Waals surface area contributed by atoms with Gasteiger partial charge in [-0.25, -0.2) is 0 Å². The van der Waals surface area contributed by atoms with E-state index in [4.69, 9.17) is 0 Å². The number of rotatable bonds is 1. The van der Waals surface area contributed by atoms with Gasteiger partial charge in [0.2, 0.25) is 0 Å². The number of hydrogen-bond acceptors (Lipinski definition) is 2. The van der Waals surface area contributed by atoms with Crippen LogP contribution in [0.4, 0.5) is 0 Å². The summed E-state index contributed by atoms with van der Waals surface area (Å²) in [7, 11) is 0. The molecular weight excluding hydrogens is 248 g/mol. The van der Waals surface area contributed by atoms with Gasteiger partial charge in [0, 0.05) is 18.5 Å². The first-order valence-corrected chi connectivity index (χ1v) is 7.61. The van der Waals surface area contributed by atoms with Crippen LogP contribution in [-0.4, -0.2) is 28.7 Å². The second-order valence-corrected chi connectivity index (χ2v) is 9.30. The number of amidine groups is 1. The second-order valence-electron chi connectivity index (χ2n) is 9.30. The highest BCUT2D eigenvalue weighted by molar-refractivity contribution is 5.98. The molecule has 3 nitrogen and oxygen atoms in total. The number of aliphatic imine (C=N–C) groups is 1. The molecule has 0 radical (unpaired) electrons. The van der Waals surface area contributed by atoms with Crippen molar-refractivity contribution in [1.82, 2.24) is 4.90 Å². The zero-order chi connectivity index (χ0) is 15.9. The number of nitrogens with zero attached hydrogens (tertiary/aromatic N) is 2. The fourth-order valence-corrected chi connectivity index (χ4v) is 2.55. The van der Waals surface area contributed by atoms with Crippen LogP contribution in [0.15, 0.2) is 4.99 Å². The van der Waals surface area contributed by atoms with Crippen LogP contribution in [0, 0.1) is 16.7 Å². The molecule has 0 saturated heterocycles. The van der Waals surface area contributed by atoms with Crippen molar-refractivity contribution in [1.29, 1.82) is 0 Å². The molecule has 1 aliphatic rings. The van der Waals surface area contributed by atoms with E-state index in [1.54, 1.807) is 0 Å². The Labute approximate surface area is 124 Å². The van der Waals surface area contributed by atoms with Crippen LogP contribution in [0.25, 0.3) is 0 Å². The molecule has 3 heteroatoms. The lowest BCUT2D eigenvalue weighted by Gasteiger charge is -2.46. The first-order chi connectivity index (χ1) is 8.72. The predicted molar refractivity (Wildman–Crippen MR) is 85.9 cm³/mol. The highest BCUT2D eigenvalue weighted by Crippen LogP contribution is 2.35. The van der Waals surface area contributed by atoms with E-state index in [0.29, 0.717) is 0 Å². The van der Waals surface area contributed by atoms with Gasteiger partial charge < -0.3 is 4.90 Å². The third-order valence-corrected chi connectivity index (χ3v) is 3.76. The molecule has 1 amide bonds. The Morgan fingerprint density at radius 1 is 1.05 bits per heavy atom. The molecule has 0 aromatic rings. The summed E-state index contributed by atoms with van der Waals surface area (Å²) in [6.45, 7) is 20.3. The quantitative estimate of drug-likeness (QED) is 0.723. The van der Waals surface area contributed by atoms with Crippen LogP contribution in [0.2, 0.25) is 0 Å². The predicted octanol–water partition coefficient (Wildman–Crippen LogP) is 4.12. The monoisotopic (exact) mass is 280 g/mol. The van der Waals surface area contributed by atoms with Crippen LogP contribution < -0.4 is 0 Å². The highest BCUT2D eigenvalue weighted by atomic mass is 16.1. The zero-order valence-corrected chi connectivity index (χ0v) is 14.8. The molecule has 1 heterocycles. The zero-order valence-electron chi connectivity index (χ0n) is 14.8. The third kappa shape index (κ3) is 4.32. The fraction of sp³-hybridized carbons (Fsp3) is 0.882. The molecular formula is C17H32N2O. The second kappa shape index (κ2) is 5.16. The van der Waals surface area contributed by atoms with Gasteiger partial charge in [-0.3, -0.25) is 4.79 Å². The van der Waals surface area contributed by atoms with E-state index in [9.17, 15) is 4.79 Å². The topological polar surface area (TPSA) is 32.7 Å². The van der Waals surface area contributed by atoms with Gasteiger partial charge in [0.15, 0.2) is 0 Å². The standard InChI is InChI=1S/C17H32N2O/c1-15(2,3)10-13-18-14(20)12(16(4,5)6)11-19(13)17(7,8)9/h12H,10-11H2,1-9H3. The van der Waals surface area contributed by atoms with Gasteiger partial charge in [0.25, 0.3) is 5.91 Å². The van der Waals surface area contributed by atoms with Crippen molar-refractivity contribution in [2.75, 3.05) is 6.54 Å². The molecule has 1 aliphatic heterocycles. The Hall–Kier alpha value is -0.860. The molecule has 1 unspecified atom stereocenters. The number of amides is 1. The number of carbonyl (C=O) groups is 1. The van der Waals surface area contributed by atoms with Gasteiger partial charge >= 0.3 is 0 Å². The summed E-state index contributed by atoms with van der Waals surface area (Å²) in [6, 6.07) is 0. The Balaban J connectivity index is 3.17. The van der Waals surface area contributed by atoms with Crippen LogP contribution >= 0.6 is 0 Å². The molecule has 0 N–H and O–H groups in total. The SMILES string of the molecule is CC(C)(C)CC1=NC(=O)C(C(C)(C)C)CN1C(C)(C)C. The maximum absolute atomic E-state index is 12.4. The smallest absolute Gasteiger partial charge is 0.252 e. The first kappa shape index (κ1) is 17.2. The average molecular weight is 280 g/mol. The summed E-state index contributed by atoms with van der Waals surface area (Å²) >= 11 is 0. The molecule has 0 fully saturated rings. The fourth-order valence-electron chi connectivity index (χ4n) is 2.55. The van der Waals surface area contributed by atoms with E-state index in [0.717, 1.165) is 18.8 Å². The largest absolute Gasteiger partial charge is 0.354 e. The van der Waals surface area contributed by atoms with Crippen molar-refractivity contribution < 1.29 is 4.79 Å². The van der Waals surface area contributed by atoms with Gasteiger partial charge in [0.05, 0.1) is 5.92 Å². The van der Waals surface area contributed by atoms with Gasteiger partial charge in [-0.15, -0.1) is 0 Å². The molecule has 1 rings (SSSR count). The molecule has 0 spiro atoms. The van der Waals surface area contributed by atoms with Gasteiger partial charge in [-0.2, -0.15) is 4.99 Å². The van der Waals surface area contributed by atoms with Crippen LogP contribution in [0.3, 0.4) is 0 Å². The molecule has 1 atom stereocenters. The summed E-state index contributed by atoms with van der Waals surface area (Å²) in [5.41, 5.74) is 0.0861. The average Bonchev–Trinajstić information content (AvgIpc) is 2.09. The number of carbonyl (C=O) groups excluding carboxylic acids is 1. The van der Waals surface area contributed by atoms with E-state index in [2.05, 4.69) is 72.2 Å². The van der Waals surface area contributed by atoms with Crippen molar-refractivity contribution in [3.05, 3.63) is 0 Å². The van der Waals surface area contributed by atoms with Crippen molar-refractivity contribution in [3.63, 3.8) is 0 Å². The van der Waals surface area contributed by atoms with Crippen molar-refractivity contribution in [2.24, 2.45) is 21.7 Å². The maximum atomic E-state index is 12.4. The summed E-state index contributed by atoms with van der Waals surface area (Å²) in [6.07, 6.45) is 0.840. The van der Waals surface area contributed by atoms with Crippen molar-refractivity contribution in [3.8, 4) is 0 Å². The third-order valence-electron chi connectivity index (χ3n) is 3.76. The minimum atomic E-state index is -0.0443. The first-order valence-electron chi connectivity index (χ1n) is 7.61. The molecule has 0 aliphatic carbocycles. The molecule has 0 aromatic carbocycles. The lowest BCUT2D eigenvalue weighted by atomic mass is 9.78. The van der Waals surface area contributed by atoms with Gasteiger partial charge in [-0.1, -0.05) is 41.5 Å². The van der Waals surface area contributed by atoms with Crippen LogP contribution in [0.5, 0.6) is 0 Å². The van der Waals surface area contributed by atoms with E-state index in [1.807, 2.05) is 0 Å². The molecule has 0 bridgehead atoms. The molecule has 116 valence electrons. The Kier molecular flexibility index (Phi) is 4.43. The van der Waals surface area contributed by atoms with E-state index in [-0.39, 0.29) is 28.2 Å². The van der Waals surface area contributed by atoms with Crippen LogP contribution in [0.1, 0.15) is 68.7 Å². The maximum Gasteiger partial charge on any atom is 0.252 e. The molecule has 20 heavy (non-hydrogen) atoms. The van der Waals surface area contributed by atoms with Gasteiger partial charge in [-0.05, 0) is 31.6 Å². The highest BCUT2D eigenvalue weighted by Gasteiger charge is 2.41. The summed E-state index contributed by atoms with van der Waals surface area (Å²) in [5, 5.41) is 0. The number of hydrogen-bond donors (Lipinski definition) is 0. The summed E-state index contributed by atoms with van der Waals surface area (Å²) in [4.78, 5) is 19.2. The minimum absolute atomic E-state index is 0.00567. The molecule has 0 aromatic heterocycles. The Morgan fingerprint density at radius 2 is 1.55 bits per heavy atom. The van der Waals surface area contributed by atoms with Crippen molar-refractivity contribution >= 4 is 11.7 Å². The lowest BCUT2D eigenvalue weighted by Crippen LogP contribution is -2.55. The van der Waals surface area contributed by atoms with E-state index < -0.39 is 0 Å². The lowest BCUT2D eigenvalue weighted by molar-refractivity contribution is -0.126. The van der Waals surface area contributed by atoms with Crippen LogP contribution in [-0.2, 0) is 4.79 Å². The van der Waals surface area contributed by atoms with E-state index in [1.165, 1.54) is 0 Å². The van der Waals surface area contributed by atoms with Crippen molar-refractivity contribution in [2.45, 2.75) is 74.3 Å². The Morgan fingerprint density at radius 3 is 1.90 bits per heavy atom. The minimum Gasteiger partial charge on any atom is -0.354 e. The normalized spacial score (nSPS) is 22.1. The summed E-state index contributed by atoms with van der Waals surface area (Å²) in [5.74, 6) is 0.984. The molecule has 0 saturated carbocycles. The van der Waals surface area contributed by atoms with Gasteiger partial charge in [0.1, 0.15) is 5.84 Å². The van der Waals surface area contributed by atoms with E-state index >= 15 is 0 Å². The summed E-state index contributed by atoms with van der Waals surface area (Å²) < 4.78 is 0. The Bertz CT molecular complexity index is 402.